The lowest BCUT2D eigenvalue weighted by Gasteiger charge is -2.18. The summed E-state index contributed by atoms with van der Waals surface area (Å²) in [6.45, 7) is 14.1. The number of allylic oxidation sites excluding steroid dienone is 2. The molecule has 5 aromatic heterocycles. The molecule has 10 N–H and O–H groups in total. The summed E-state index contributed by atoms with van der Waals surface area (Å²) >= 11 is 0. The van der Waals surface area contributed by atoms with E-state index in [1.54, 1.807) is 41.3 Å². The van der Waals surface area contributed by atoms with Crippen molar-refractivity contribution in [3.05, 3.63) is 76.5 Å². The van der Waals surface area contributed by atoms with Crippen molar-refractivity contribution < 1.29 is 19.2 Å². The number of hydrogen-bond acceptors (Lipinski definition) is 13. The van der Waals surface area contributed by atoms with Crippen molar-refractivity contribution in [3.8, 4) is 0 Å². The van der Waals surface area contributed by atoms with Gasteiger partial charge in [0.15, 0.2) is 5.65 Å². The van der Waals surface area contributed by atoms with Crippen LogP contribution in [0.4, 0.5) is 23.3 Å². The zero-order chi connectivity index (χ0) is 43.8. The fraction of sp³-hybridized carbons (Fsp3) is 0.390. The molecule has 7 heterocycles. The number of pyridine rings is 1. The highest BCUT2D eigenvalue weighted by molar-refractivity contribution is 6.08. The van der Waals surface area contributed by atoms with Gasteiger partial charge in [0, 0.05) is 64.1 Å². The summed E-state index contributed by atoms with van der Waals surface area (Å²) in [6.07, 6.45) is 5.09. The zero-order valence-electron chi connectivity index (χ0n) is 35.1. The smallest absolute Gasteiger partial charge is 0.278 e. The minimum atomic E-state index is -0.665. The zero-order valence-corrected chi connectivity index (χ0v) is 35.1. The van der Waals surface area contributed by atoms with Crippen LogP contribution in [0.25, 0.3) is 22.2 Å². The van der Waals surface area contributed by atoms with Crippen LogP contribution in [0.3, 0.4) is 0 Å². The van der Waals surface area contributed by atoms with Gasteiger partial charge in [-0.05, 0) is 76.9 Å². The van der Waals surface area contributed by atoms with Gasteiger partial charge in [-0.1, -0.05) is 12.2 Å². The number of anilines is 4. The molecule has 8 rings (SSSR count). The predicted molar refractivity (Wildman–Crippen MR) is 234 cm³/mol. The molecule has 2 fully saturated rings. The second-order valence-corrected chi connectivity index (χ2v) is 15.7. The maximum Gasteiger partial charge on any atom is 0.278 e. The lowest BCUT2D eigenvalue weighted by Crippen LogP contribution is -2.30. The van der Waals surface area contributed by atoms with E-state index in [2.05, 4.69) is 46.3 Å². The summed E-state index contributed by atoms with van der Waals surface area (Å²) in [5.41, 5.74) is 22.6. The molecular weight excluding hydrogens is 795 g/mol. The maximum absolute atomic E-state index is 14.0. The summed E-state index contributed by atoms with van der Waals surface area (Å²) in [6, 6.07) is 6.52. The summed E-state index contributed by atoms with van der Waals surface area (Å²) in [7, 11) is 0. The van der Waals surface area contributed by atoms with Gasteiger partial charge in [-0.15, -0.1) is 0 Å². The quantitative estimate of drug-likeness (QED) is 0.0687. The molecule has 1 aromatic carbocycles. The first-order valence-corrected chi connectivity index (χ1v) is 20.7. The lowest BCUT2D eigenvalue weighted by atomic mass is 10.0. The maximum atomic E-state index is 14.0. The van der Waals surface area contributed by atoms with Gasteiger partial charge >= 0.3 is 0 Å². The topological polar surface area (TPSA) is 282 Å². The largest absolute Gasteiger partial charge is 0.395 e. The number of fused-ring (bicyclic) bond motifs is 3. The van der Waals surface area contributed by atoms with E-state index in [1.807, 2.05) is 30.6 Å². The highest BCUT2D eigenvalue weighted by Gasteiger charge is 2.35. The Morgan fingerprint density at radius 1 is 0.823 bits per heavy atom. The number of primary amides is 2. The first-order chi connectivity index (χ1) is 29.8. The van der Waals surface area contributed by atoms with Crippen molar-refractivity contribution in [3.63, 3.8) is 0 Å². The molecular formula is C41H51N17O4. The van der Waals surface area contributed by atoms with Crippen LogP contribution in [0.2, 0.25) is 0 Å². The Bertz CT molecular complexity index is 2750. The van der Waals surface area contributed by atoms with Crippen LogP contribution in [0, 0.1) is 25.7 Å². The number of nitrogens with two attached hydrogens (primary N) is 3. The van der Waals surface area contributed by atoms with Crippen molar-refractivity contribution in [1.82, 2.24) is 53.9 Å². The Kier molecular flexibility index (Phi) is 11.5. The van der Waals surface area contributed by atoms with Crippen LogP contribution < -0.4 is 38.5 Å². The molecule has 6 aromatic rings. The molecule has 0 aliphatic carbocycles. The number of hydrogen-bond donors (Lipinski definition) is 7. The molecule has 21 nitrogen and oxygen atoms in total. The van der Waals surface area contributed by atoms with Crippen LogP contribution in [0.5, 0.6) is 0 Å². The fourth-order valence-electron chi connectivity index (χ4n) is 8.44. The summed E-state index contributed by atoms with van der Waals surface area (Å²) in [5, 5.41) is 21.7. The molecule has 62 heavy (non-hydrogen) atoms. The van der Waals surface area contributed by atoms with E-state index in [1.165, 1.54) is 16.9 Å². The van der Waals surface area contributed by atoms with Crippen molar-refractivity contribution in [1.29, 1.82) is 0 Å². The van der Waals surface area contributed by atoms with E-state index in [0.717, 1.165) is 32.7 Å². The number of nitrogen functional groups attached to an aromatic ring is 1. The molecule has 21 heteroatoms. The number of nitrogens with one attached hydrogen (secondary N) is 4. The molecule has 0 saturated carbocycles. The fourth-order valence-corrected chi connectivity index (χ4v) is 8.44. The van der Waals surface area contributed by atoms with Gasteiger partial charge in [-0.25, -0.2) is 15.0 Å². The standard InChI is InChI=1S/C41H51N17O4/c1-5-57-31(13-22(3)52-57)38(61)50-41-49-30-16-25(36(44)60)19-47-37(30)56(41)11-8-7-10-55-33-28(46-9-12-54-20-26-17-45-18-27(26)21-54)14-24(35(43)59)15-29(33)48-40(55)51-39(62)34-32(42)23(4)53-58(34)6-2/h7-8,13-16,19,26-27,45-46H,5-6,9-12,17-18,20-21,42H2,1-4H3,(H2,43,59)(H2,44,60)(H,48,51,62)(H,49,50,61)/b8-7+/t26-,27+. The second-order valence-electron chi connectivity index (χ2n) is 15.7. The van der Waals surface area contributed by atoms with Crippen molar-refractivity contribution in [2.45, 2.75) is 53.9 Å². The number of nitrogens with zero attached hydrogens (tertiary/aromatic N) is 10. The Hall–Kier alpha value is -7.13. The number of rotatable bonds is 16. The molecule has 2 aliphatic heterocycles. The van der Waals surface area contributed by atoms with Gasteiger partial charge in [0.05, 0.1) is 39.4 Å². The number of carbonyl (C=O) groups excluding carboxylic acids is 4. The van der Waals surface area contributed by atoms with Crippen LogP contribution in [-0.4, -0.2) is 111 Å². The number of carbonyl (C=O) groups is 4. The van der Waals surface area contributed by atoms with Crippen molar-refractivity contribution >= 4 is 69.1 Å². The number of imidazole rings is 2. The minimum Gasteiger partial charge on any atom is -0.395 e. The normalized spacial score (nSPS) is 16.5. The van der Waals surface area contributed by atoms with Gasteiger partial charge in [0.1, 0.15) is 16.9 Å². The third-order valence-corrected chi connectivity index (χ3v) is 11.5. The third kappa shape index (κ3) is 8.06. The van der Waals surface area contributed by atoms with Crippen LogP contribution >= 0.6 is 0 Å². The summed E-state index contributed by atoms with van der Waals surface area (Å²) < 4.78 is 6.67. The molecule has 0 spiro atoms. The third-order valence-electron chi connectivity index (χ3n) is 11.5. The first kappa shape index (κ1) is 41.6. The van der Waals surface area contributed by atoms with Crippen LogP contribution in [-0.2, 0) is 26.2 Å². The van der Waals surface area contributed by atoms with Gasteiger partial charge in [0.2, 0.25) is 23.7 Å². The lowest BCUT2D eigenvalue weighted by molar-refractivity contribution is 0.0992. The van der Waals surface area contributed by atoms with E-state index < -0.39 is 23.6 Å². The SMILES string of the molecule is CCn1nc(C)cc1C(=O)Nc1nc2cc(C(N)=O)cnc2n1C/C=C/Cn1c(NC(=O)c2c(N)c(C)nn2CC)nc2cc(C(N)=O)cc(NCCN3C[C@H]4CNC[C@H]4C3)c21. The van der Waals surface area contributed by atoms with E-state index in [4.69, 9.17) is 22.2 Å². The molecule has 2 atom stereocenters. The number of aromatic nitrogens is 9. The summed E-state index contributed by atoms with van der Waals surface area (Å²) in [5.74, 6) is -0.531. The number of likely N-dealkylation sites (tertiary alicyclic amines) is 1. The molecule has 0 bridgehead atoms. The van der Waals surface area contributed by atoms with Crippen molar-refractivity contribution in [2.24, 2.45) is 23.3 Å². The number of amides is 4. The number of benzene rings is 1. The monoisotopic (exact) mass is 845 g/mol. The second kappa shape index (κ2) is 17.1. The van der Waals surface area contributed by atoms with Crippen molar-refractivity contribution in [2.75, 3.05) is 61.0 Å². The predicted octanol–water partition coefficient (Wildman–Crippen LogP) is 1.93. The van der Waals surface area contributed by atoms with Gasteiger partial charge in [-0.2, -0.15) is 10.2 Å². The summed E-state index contributed by atoms with van der Waals surface area (Å²) in [4.78, 5) is 68.5. The Balaban J connectivity index is 1.13. The number of aryl methyl sites for hydroxylation is 4. The average Bonchev–Trinajstić information content (AvgIpc) is 4.09. The van der Waals surface area contributed by atoms with E-state index in [9.17, 15) is 19.2 Å². The van der Waals surface area contributed by atoms with E-state index in [-0.39, 0.29) is 47.5 Å². The molecule has 2 aliphatic rings. The average molecular weight is 846 g/mol. The Labute approximate surface area is 356 Å². The molecule has 2 saturated heterocycles. The minimum absolute atomic E-state index is 0.167. The highest BCUT2D eigenvalue weighted by Crippen LogP contribution is 2.31. The highest BCUT2D eigenvalue weighted by atomic mass is 16.2. The van der Waals surface area contributed by atoms with Crippen LogP contribution in [0.1, 0.15) is 66.9 Å². The molecule has 0 unspecified atom stereocenters. The van der Waals surface area contributed by atoms with Gasteiger partial charge < -0.3 is 37.3 Å². The van der Waals surface area contributed by atoms with E-state index >= 15 is 0 Å². The van der Waals surface area contributed by atoms with Gasteiger partial charge in [0.25, 0.3) is 11.8 Å². The van der Waals surface area contributed by atoms with Gasteiger partial charge in [-0.3, -0.25) is 43.7 Å². The molecule has 324 valence electrons. The Morgan fingerprint density at radius 3 is 2.16 bits per heavy atom. The molecule has 0 radical (unpaired) electrons. The van der Waals surface area contributed by atoms with E-state index in [0.29, 0.717) is 76.4 Å². The Morgan fingerprint density at radius 2 is 1.47 bits per heavy atom. The van der Waals surface area contributed by atoms with Crippen LogP contribution in [0.15, 0.2) is 42.6 Å². The first-order valence-electron chi connectivity index (χ1n) is 20.7. The molecule has 4 amide bonds.